The molecule has 2 heterocycles. The predicted octanol–water partition coefficient (Wildman–Crippen LogP) is 1.92. The molecule has 6 heteroatoms. The zero-order chi connectivity index (χ0) is 17.8. The molecule has 1 aromatic carbocycles. The van der Waals surface area contributed by atoms with Crippen molar-refractivity contribution in [1.29, 1.82) is 0 Å². The average molecular weight is 347 g/mol. The van der Waals surface area contributed by atoms with Gasteiger partial charge in [-0.3, -0.25) is 14.5 Å². The van der Waals surface area contributed by atoms with Crippen LogP contribution in [0.2, 0.25) is 0 Å². The lowest BCUT2D eigenvalue weighted by atomic mass is 10.0. The Balaban J connectivity index is 1.55. The van der Waals surface area contributed by atoms with Crippen LogP contribution < -0.4 is 5.32 Å². The number of halogens is 1. The smallest absolute Gasteiger partial charge is 0.234 e. The highest BCUT2D eigenvalue weighted by Crippen LogP contribution is 2.29. The van der Waals surface area contributed by atoms with Gasteiger partial charge in [0.25, 0.3) is 0 Å². The van der Waals surface area contributed by atoms with E-state index in [9.17, 15) is 14.0 Å². The minimum absolute atomic E-state index is 0.0949. The largest absolute Gasteiger partial charge is 0.351 e. The van der Waals surface area contributed by atoms with Gasteiger partial charge in [0.05, 0.1) is 6.54 Å². The molecule has 1 aromatic rings. The number of likely N-dealkylation sites (tertiary alicyclic amines) is 2. The van der Waals surface area contributed by atoms with E-state index >= 15 is 0 Å². The maximum absolute atomic E-state index is 13.6. The quantitative estimate of drug-likeness (QED) is 0.885. The minimum atomic E-state index is -0.301. The molecule has 5 nitrogen and oxygen atoms in total. The first-order valence-electron chi connectivity index (χ1n) is 9.07. The summed E-state index contributed by atoms with van der Waals surface area (Å²) in [4.78, 5) is 28.3. The summed E-state index contributed by atoms with van der Waals surface area (Å²) < 4.78 is 13.6. The maximum atomic E-state index is 13.6. The number of hydrogen-bond donors (Lipinski definition) is 1. The second-order valence-corrected chi connectivity index (χ2v) is 6.97. The van der Waals surface area contributed by atoms with E-state index in [1.54, 1.807) is 25.1 Å². The van der Waals surface area contributed by atoms with E-state index in [2.05, 4.69) is 10.2 Å². The van der Waals surface area contributed by atoms with Crippen LogP contribution in [-0.4, -0.2) is 53.3 Å². The van der Waals surface area contributed by atoms with E-state index in [4.69, 9.17) is 0 Å². The van der Waals surface area contributed by atoms with Crippen molar-refractivity contribution in [3.05, 3.63) is 35.6 Å². The van der Waals surface area contributed by atoms with Crippen LogP contribution in [0.1, 0.15) is 38.2 Å². The van der Waals surface area contributed by atoms with Crippen molar-refractivity contribution in [2.24, 2.45) is 0 Å². The highest BCUT2D eigenvalue weighted by atomic mass is 19.1. The fourth-order valence-corrected chi connectivity index (χ4v) is 4.14. The van der Waals surface area contributed by atoms with Crippen LogP contribution >= 0.6 is 0 Å². The van der Waals surface area contributed by atoms with Crippen molar-refractivity contribution < 1.29 is 14.0 Å². The van der Waals surface area contributed by atoms with E-state index in [0.29, 0.717) is 12.1 Å². The highest BCUT2D eigenvalue weighted by Gasteiger charge is 2.39. The van der Waals surface area contributed by atoms with Crippen molar-refractivity contribution in [3.63, 3.8) is 0 Å². The zero-order valence-corrected chi connectivity index (χ0v) is 14.7. The number of amides is 2. The third-order valence-electron chi connectivity index (χ3n) is 5.34. The van der Waals surface area contributed by atoms with E-state index in [1.165, 1.54) is 6.07 Å². The van der Waals surface area contributed by atoms with Crippen LogP contribution in [0, 0.1) is 5.82 Å². The fourth-order valence-electron chi connectivity index (χ4n) is 4.14. The van der Waals surface area contributed by atoms with Gasteiger partial charge in [-0.05, 0) is 38.3 Å². The highest BCUT2D eigenvalue weighted by molar-refractivity contribution is 5.78. The monoisotopic (exact) mass is 347 g/mol. The summed E-state index contributed by atoms with van der Waals surface area (Å²) >= 11 is 0. The van der Waals surface area contributed by atoms with Crippen LogP contribution in [0.3, 0.4) is 0 Å². The molecule has 136 valence electrons. The zero-order valence-electron chi connectivity index (χ0n) is 14.7. The Morgan fingerprint density at radius 3 is 2.64 bits per heavy atom. The van der Waals surface area contributed by atoms with Crippen molar-refractivity contribution >= 4 is 11.8 Å². The molecule has 2 aliphatic rings. The third kappa shape index (κ3) is 4.18. The molecular weight excluding hydrogens is 321 g/mol. The summed E-state index contributed by atoms with van der Waals surface area (Å²) in [5.74, 6) is -0.272. The Morgan fingerprint density at radius 2 is 1.88 bits per heavy atom. The lowest BCUT2D eigenvalue weighted by Gasteiger charge is -2.34. The van der Waals surface area contributed by atoms with Gasteiger partial charge in [-0.1, -0.05) is 18.2 Å². The molecule has 3 rings (SSSR count). The molecule has 2 saturated heterocycles. The van der Waals surface area contributed by atoms with E-state index in [1.807, 2.05) is 4.90 Å². The molecule has 25 heavy (non-hydrogen) atoms. The summed E-state index contributed by atoms with van der Waals surface area (Å²) in [6.45, 7) is 3.83. The lowest BCUT2D eigenvalue weighted by Crippen LogP contribution is -2.50. The van der Waals surface area contributed by atoms with Gasteiger partial charge >= 0.3 is 0 Å². The lowest BCUT2D eigenvalue weighted by molar-refractivity contribution is -0.130. The van der Waals surface area contributed by atoms with Gasteiger partial charge in [0.2, 0.25) is 11.8 Å². The molecule has 2 atom stereocenters. The van der Waals surface area contributed by atoms with E-state index in [0.717, 1.165) is 38.8 Å². The Morgan fingerprint density at radius 1 is 1.16 bits per heavy atom. The van der Waals surface area contributed by atoms with Gasteiger partial charge in [0, 0.05) is 37.7 Å². The standard InChI is InChI=1S/C19H26FN3O2/c1-14(24)23-11-5-9-18(23)17-8-4-10-22(17)13-19(25)21-12-15-6-2-3-7-16(15)20/h2-3,6-7,17-18H,4-5,8-13H2,1H3,(H,21,25)/t17-,18-/m1/s1. The normalized spacial score (nSPS) is 23.8. The summed E-state index contributed by atoms with van der Waals surface area (Å²) in [6.07, 6.45) is 4.12. The Hall–Kier alpha value is -1.95. The van der Waals surface area contributed by atoms with Crippen molar-refractivity contribution in [1.82, 2.24) is 15.1 Å². The van der Waals surface area contributed by atoms with Crippen LogP contribution in [0.4, 0.5) is 4.39 Å². The molecular formula is C19H26FN3O2. The summed E-state index contributed by atoms with van der Waals surface area (Å²) in [5, 5.41) is 2.81. The first-order valence-corrected chi connectivity index (χ1v) is 9.07. The summed E-state index contributed by atoms with van der Waals surface area (Å²) in [7, 11) is 0. The molecule has 2 aliphatic heterocycles. The maximum Gasteiger partial charge on any atom is 0.234 e. The van der Waals surface area contributed by atoms with Crippen LogP contribution in [0.25, 0.3) is 0 Å². The molecule has 0 aliphatic carbocycles. The molecule has 2 amide bonds. The number of hydrogen-bond acceptors (Lipinski definition) is 3. The van der Waals surface area contributed by atoms with Gasteiger partial charge < -0.3 is 10.2 Å². The molecule has 1 N–H and O–H groups in total. The topological polar surface area (TPSA) is 52.7 Å². The van der Waals surface area contributed by atoms with Crippen LogP contribution in [0.15, 0.2) is 24.3 Å². The van der Waals surface area contributed by atoms with Crippen molar-refractivity contribution in [2.75, 3.05) is 19.6 Å². The average Bonchev–Trinajstić information content (AvgIpc) is 3.22. The van der Waals surface area contributed by atoms with Gasteiger partial charge in [-0.2, -0.15) is 0 Å². The number of rotatable bonds is 5. The third-order valence-corrected chi connectivity index (χ3v) is 5.34. The Labute approximate surface area is 148 Å². The number of nitrogens with zero attached hydrogens (tertiary/aromatic N) is 2. The van der Waals surface area contributed by atoms with Gasteiger partial charge in [0.1, 0.15) is 5.82 Å². The number of carbonyl (C=O) groups excluding carboxylic acids is 2. The van der Waals surface area contributed by atoms with Crippen molar-refractivity contribution in [3.8, 4) is 0 Å². The predicted molar refractivity (Wildman–Crippen MR) is 93.3 cm³/mol. The molecule has 2 fully saturated rings. The van der Waals surface area contributed by atoms with E-state index < -0.39 is 0 Å². The second-order valence-electron chi connectivity index (χ2n) is 6.97. The first kappa shape index (κ1) is 17.9. The molecule has 0 unspecified atom stereocenters. The summed E-state index contributed by atoms with van der Waals surface area (Å²) in [6, 6.07) is 6.95. The minimum Gasteiger partial charge on any atom is -0.351 e. The van der Waals surface area contributed by atoms with Crippen LogP contribution in [0.5, 0.6) is 0 Å². The number of benzene rings is 1. The van der Waals surface area contributed by atoms with Gasteiger partial charge in [0.15, 0.2) is 0 Å². The molecule has 0 aromatic heterocycles. The van der Waals surface area contributed by atoms with Gasteiger partial charge in [-0.25, -0.2) is 4.39 Å². The molecule has 0 bridgehead atoms. The Bertz CT molecular complexity index is 637. The van der Waals surface area contributed by atoms with E-state index in [-0.39, 0.29) is 36.3 Å². The molecule has 0 radical (unpaired) electrons. The Kier molecular flexibility index (Phi) is 5.68. The number of carbonyl (C=O) groups is 2. The first-order chi connectivity index (χ1) is 12.1. The second kappa shape index (κ2) is 7.95. The fraction of sp³-hybridized carbons (Fsp3) is 0.579. The molecule has 0 saturated carbocycles. The summed E-state index contributed by atoms with van der Waals surface area (Å²) in [5.41, 5.74) is 0.493. The SMILES string of the molecule is CC(=O)N1CCC[C@@H]1[C@H]1CCCN1CC(=O)NCc1ccccc1F. The molecule has 0 spiro atoms. The van der Waals surface area contributed by atoms with Gasteiger partial charge in [-0.15, -0.1) is 0 Å². The van der Waals surface area contributed by atoms with Crippen LogP contribution in [-0.2, 0) is 16.1 Å². The number of nitrogens with one attached hydrogen (secondary N) is 1. The van der Waals surface area contributed by atoms with Crippen molar-refractivity contribution in [2.45, 2.75) is 51.2 Å².